The van der Waals surface area contributed by atoms with E-state index in [0.29, 0.717) is 12.2 Å². The molecule has 0 unspecified atom stereocenters. The third-order valence-electron chi connectivity index (χ3n) is 3.92. The predicted molar refractivity (Wildman–Crippen MR) is 91.8 cm³/mol. The third kappa shape index (κ3) is 4.91. The first-order valence-electron chi connectivity index (χ1n) is 8.48. The number of hydrogen-bond acceptors (Lipinski definition) is 3. The summed E-state index contributed by atoms with van der Waals surface area (Å²) in [6, 6.07) is 5.29. The average Bonchev–Trinajstić information content (AvgIpc) is 2.57. The standard InChI is InChI=1S/C18H25N3O2/c1-2-3-4-5-6-7-9-12-19-17(22)15-14-20-16-11-8-10-13-21(16)18(15)23/h8,10-11,13-14H,2-7,9,12H2,1H3,(H,19,22). The van der Waals surface area contributed by atoms with E-state index >= 15 is 0 Å². The van der Waals surface area contributed by atoms with Crippen molar-refractivity contribution in [1.29, 1.82) is 0 Å². The molecule has 2 aromatic rings. The van der Waals surface area contributed by atoms with Gasteiger partial charge in [0.2, 0.25) is 0 Å². The maximum Gasteiger partial charge on any atom is 0.270 e. The Kier molecular flexibility index (Phi) is 6.78. The fourth-order valence-electron chi connectivity index (χ4n) is 2.56. The fraction of sp³-hybridized carbons (Fsp3) is 0.500. The van der Waals surface area contributed by atoms with Crippen LogP contribution >= 0.6 is 0 Å². The molecule has 0 bridgehead atoms. The average molecular weight is 315 g/mol. The summed E-state index contributed by atoms with van der Waals surface area (Å²) in [5.74, 6) is -0.341. The van der Waals surface area contributed by atoms with Crippen molar-refractivity contribution >= 4 is 11.6 Å². The number of nitrogens with one attached hydrogen (secondary N) is 1. The maximum absolute atomic E-state index is 12.3. The quantitative estimate of drug-likeness (QED) is 0.723. The lowest BCUT2D eigenvalue weighted by Gasteiger charge is -2.06. The van der Waals surface area contributed by atoms with Crippen molar-refractivity contribution in [2.75, 3.05) is 6.54 Å². The monoisotopic (exact) mass is 315 g/mol. The fourth-order valence-corrected chi connectivity index (χ4v) is 2.56. The van der Waals surface area contributed by atoms with Crippen LogP contribution in [0.1, 0.15) is 62.2 Å². The SMILES string of the molecule is CCCCCCCCCNC(=O)c1cnc2ccccn2c1=O. The molecular weight excluding hydrogens is 290 g/mol. The number of pyridine rings is 1. The second-order valence-corrected chi connectivity index (χ2v) is 5.78. The number of nitrogens with zero attached hydrogens (tertiary/aromatic N) is 2. The van der Waals surface area contributed by atoms with Crippen LogP contribution < -0.4 is 10.9 Å². The van der Waals surface area contributed by atoms with Crippen LogP contribution in [0.5, 0.6) is 0 Å². The second kappa shape index (κ2) is 9.08. The Bertz CT molecular complexity index is 694. The highest BCUT2D eigenvalue weighted by Gasteiger charge is 2.12. The van der Waals surface area contributed by atoms with E-state index in [1.165, 1.54) is 42.7 Å². The van der Waals surface area contributed by atoms with Gasteiger partial charge in [0.1, 0.15) is 11.2 Å². The van der Waals surface area contributed by atoms with E-state index in [-0.39, 0.29) is 17.0 Å². The lowest BCUT2D eigenvalue weighted by atomic mass is 10.1. The summed E-state index contributed by atoms with van der Waals surface area (Å²) in [5.41, 5.74) is 0.311. The van der Waals surface area contributed by atoms with Crippen molar-refractivity contribution in [2.45, 2.75) is 51.9 Å². The van der Waals surface area contributed by atoms with Gasteiger partial charge in [-0.1, -0.05) is 51.5 Å². The van der Waals surface area contributed by atoms with Gasteiger partial charge in [0.05, 0.1) is 0 Å². The molecule has 5 nitrogen and oxygen atoms in total. The van der Waals surface area contributed by atoms with Gasteiger partial charge in [-0.15, -0.1) is 0 Å². The number of unbranched alkanes of at least 4 members (excludes halogenated alkanes) is 6. The molecule has 0 saturated heterocycles. The van der Waals surface area contributed by atoms with E-state index in [0.717, 1.165) is 12.8 Å². The first kappa shape index (κ1) is 17.2. The molecule has 0 aromatic carbocycles. The molecule has 124 valence electrons. The molecule has 0 fully saturated rings. The number of rotatable bonds is 9. The van der Waals surface area contributed by atoms with E-state index in [1.807, 2.05) is 6.07 Å². The lowest BCUT2D eigenvalue weighted by molar-refractivity contribution is 0.0951. The van der Waals surface area contributed by atoms with E-state index < -0.39 is 0 Å². The normalized spacial score (nSPS) is 10.8. The summed E-state index contributed by atoms with van der Waals surface area (Å²) in [6.07, 6.45) is 11.4. The summed E-state index contributed by atoms with van der Waals surface area (Å²) >= 11 is 0. The van der Waals surface area contributed by atoms with Crippen molar-refractivity contribution in [3.63, 3.8) is 0 Å². The molecule has 0 aliphatic carbocycles. The van der Waals surface area contributed by atoms with Gasteiger partial charge in [-0.05, 0) is 18.6 Å². The van der Waals surface area contributed by atoms with E-state index in [2.05, 4.69) is 17.2 Å². The topological polar surface area (TPSA) is 63.5 Å². The molecule has 0 atom stereocenters. The number of hydrogen-bond donors (Lipinski definition) is 1. The minimum Gasteiger partial charge on any atom is -0.352 e. The van der Waals surface area contributed by atoms with Gasteiger partial charge < -0.3 is 5.32 Å². The maximum atomic E-state index is 12.3. The molecule has 2 aromatic heterocycles. The van der Waals surface area contributed by atoms with Crippen LogP contribution in [-0.2, 0) is 0 Å². The Labute approximate surface area is 136 Å². The number of aromatic nitrogens is 2. The molecule has 0 radical (unpaired) electrons. The van der Waals surface area contributed by atoms with E-state index in [1.54, 1.807) is 18.3 Å². The summed E-state index contributed by atoms with van der Waals surface area (Å²) in [7, 11) is 0. The van der Waals surface area contributed by atoms with Gasteiger partial charge in [-0.3, -0.25) is 14.0 Å². The lowest BCUT2D eigenvalue weighted by Crippen LogP contribution is -2.32. The summed E-state index contributed by atoms with van der Waals surface area (Å²) in [4.78, 5) is 28.5. The van der Waals surface area contributed by atoms with Crippen LogP contribution in [0.3, 0.4) is 0 Å². The highest BCUT2D eigenvalue weighted by Crippen LogP contribution is 2.06. The van der Waals surface area contributed by atoms with Crippen LogP contribution in [0, 0.1) is 0 Å². The minimum absolute atomic E-state index is 0.0941. The number of carbonyl (C=O) groups is 1. The molecule has 0 aliphatic rings. The highest BCUT2D eigenvalue weighted by molar-refractivity contribution is 5.93. The molecule has 0 spiro atoms. The zero-order valence-corrected chi connectivity index (χ0v) is 13.8. The predicted octanol–water partition coefficient (Wildman–Crippen LogP) is 3.17. The smallest absolute Gasteiger partial charge is 0.270 e. The van der Waals surface area contributed by atoms with Gasteiger partial charge in [0.15, 0.2) is 0 Å². The van der Waals surface area contributed by atoms with Crippen LogP contribution in [0.25, 0.3) is 5.65 Å². The number of carbonyl (C=O) groups excluding carboxylic acids is 1. The van der Waals surface area contributed by atoms with Gasteiger partial charge in [0, 0.05) is 18.9 Å². The number of fused-ring (bicyclic) bond motifs is 1. The summed E-state index contributed by atoms with van der Waals surface area (Å²) < 4.78 is 1.39. The molecule has 0 saturated carbocycles. The van der Waals surface area contributed by atoms with Crippen LogP contribution in [0.15, 0.2) is 35.4 Å². The van der Waals surface area contributed by atoms with Crippen LogP contribution in [-0.4, -0.2) is 21.8 Å². The van der Waals surface area contributed by atoms with E-state index in [9.17, 15) is 9.59 Å². The van der Waals surface area contributed by atoms with Crippen molar-refractivity contribution < 1.29 is 4.79 Å². The minimum atomic E-state index is -0.341. The third-order valence-corrected chi connectivity index (χ3v) is 3.92. The second-order valence-electron chi connectivity index (χ2n) is 5.78. The van der Waals surface area contributed by atoms with Crippen molar-refractivity contribution in [1.82, 2.24) is 14.7 Å². The van der Waals surface area contributed by atoms with Gasteiger partial charge in [-0.2, -0.15) is 0 Å². The van der Waals surface area contributed by atoms with Crippen LogP contribution in [0.2, 0.25) is 0 Å². The zero-order chi connectivity index (χ0) is 16.5. The molecule has 1 amide bonds. The van der Waals surface area contributed by atoms with E-state index in [4.69, 9.17) is 0 Å². The largest absolute Gasteiger partial charge is 0.352 e. The number of amides is 1. The molecular formula is C18H25N3O2. The molecule has 2 heterocycles. The Morgan fingerprint density at radius 3 is 2.65 bits per heavy atom. The Hall–Kier alpha value is -2.17. The molecule has 1 N–H and O–H groups in total. The Morgan fingerprint density at radius 2 is 1.87 bits per heavy atom. The molecule has 5 heteroatoms. The Balaban J connectivity index is 1.80. The summed E-state index contributed by atoms with van der Waals surface area (Å²) in [6.45, 7) is 2.81. The van der Waals surface area contributed by atoms with Crippen molar-refractivity contribution in [3.05, 3.63) is 46.5 Å². The van der Waals surface area contributed by atoms with Gasteiger partial charge >= 0.3 is 0 Å². The van der Waals surface area contributed by atoms with Gasteiger partial charge in [0.25, 0.3) is 11.5 Å². The molecule has 23 heavy (non-hydrogen) atoms. The molecule has 0 aliphatic heterocycles. The first-order valence-corrected chi connectivity index (χ1v) is 8.48. The molecule has 2 rings (SSSR count). The van der Waals surface area contributed by atoms with Crippen LogP contribution in [0.4, 0.5) is 0 Å². The van der Waals surface area contributed by atoms with Crippen molar-refractivity contribution in [3.8, 4) is 0 Å². The summed E-state index contributed by atoms with van der Waals surface area (Å²) in [5, 5.41) is 2.81. The Morgan fingerprint density at radius 1 is 1.13 bits per heavy atom. The van der Waals surface area contributed by atoms with Gasteiger partial charge in [-0.25, -0.2) is 4.98 Å². The zero-order valence-electron chi connectivity index (χ0n) is 13.8. The first-order chi connectivity index (χ1) is 11.2. The highest BCUT2D eigenvalue weighted by atomic mass is 16.2. The van der Waals surface area contributed by atoms with Crippen molar-refractivity contribution in [2.24, 2.45) is 0 Å².